The highest BCUT2D eigenvalue weighted by molar-refractivity contribution is 7.98. The van der Waals surface area contributed by atoms with Gasteiger partial charge in [-0.15, -0.1) is 0 Å². The van der Waals surface area contributed by atoms with Crippen molar-refractivity contribution in [2.24, 2.45) is 5.41 Å². The minimum Gasteiger partial charge on any atom is -0.319 e. The molecule has 1 fully saturated rings. The largest absolute Gasteiger partial charge is 0.319 e. The molecule has 0 radical (unpaired) electrons. The number of benzene rings is 1. The Balaban J connectivity index is 2.46. The molecule has 1 aliphatic rings. The molecule has 1 aromatic carbocycles. The summed E-state index contributed by atoms with van der Waals surface area (Å²) in [6, 6.07) is 8.91. The summed E-state index contributed by atoms with van der Waals surface area (Å²) < 4.78 is 0. The SMILES string of the molecule is CSCCC1NC(C(=O)c2ccccc2)(C(C)(C)C)N(C)C1=O. The van der Waals surface area contributed by atoms with Gasteiger partial charge in [-0.05, 0) is 18.4 Å². The van der Waals surface area contributed by atoms with Crippen LogP contribution in [0.4, 0.5) is 0 Å². The van der Waals surface area contributed by atoms with Crippen LogP contribution in [0.5, 0.6) is 0 Å². The molecular weight excluding hydrogens is 308 g/mol. The van der Waals surface area contributed by atoms with E-state index >= 15 is 0 Å². The molecule has 126 valence electrons. The van der Waals surface area contributed by atoms with Crippen LogP contribution in [0.15, 0.2) is 30.3 Å². The third kappa shape index (κ3) is 3.04. The van der Waals surface area contributed by atoms with Crippen molar-refractivity contribution in [3.8, 4) is 0 Å². The first-order valence-electron chi connectivity index (χ1n) is 7.90. The van der Waals surface area contributed by atoms with E-state index < -0.39 is 11.1 Å². The summed E-state index contributed by atoms with van der Waals surface area (Å²) >= 11 is 1.71. The zero-order valence-electron chi connectivity index (χ0n) is 14.6. The monoisotopic (exact) mass is 334 g/mol. The molecule has 1 heterocycles. The van der Waals surface area contributed by atoms with Gasteiger partial charge in [-0.1, -0.05) is 51.1 Å². The molecule has 2 atom stereocenters. The highest BCUT2D eigenvalue weighted by atomic mass is 32.2. The number of ketones is 1. The van der Waals surface area contributed by atoms with Crippen molar-refractivity contribution in [3.05, 3.63) is 35.9 Å². The van der Waals surface area contributed by atoms with Crippen molar-refractivity contribution in [2.75, 3.05) is 19.1 Å². The van der Waals surface area contributed by atoms with E-state index in [9.17, 15) is 9.59 Å². The summed E-state index contributed by atoms with van der Waals surface area (Å²) in [7, 11) is 1.74. The molecule has 0 bridgehead atoms. The molecule has 0 saturated carbocycles. The van der Waals surface area contributed by atoms with Gasteiger partial charge < -0.3 is 4.90 Å². The molecule has 1 aromatic rings. The second-order valence-electron chi connectivity index (χ2n) is 7.03. The van der Waals surface area contributed by atoms with E-state index in [0.717, 1.165) is 12.2 Å². The Morgan fingerprint density at radius 2 is 1.91 bits per heavy atom. The average Bonchev–Trinajstić information content (AvgIpc) is 2.78. The van der Waals surface area contributed by atoms with Crippen molar-refractivity contribution >= 4 is 23.5 Å². The molecule has 5 heteroatoms. The first kappa shape index (κ1) is 18.0. The Hall–Kier alpha value is -1.33. The summed E-state index contributed by atoms with van der Waals surface area (Å²) in [5.41, 5.74) is -0.826. The number of amides is 1. The van der Waals surface area contributed by atoms with Crippen LogP contribution in [0.1, 0.15) is 37.6 Å². The number of carbonyl (C=O) groups is 2. The summed E-state index contributed by atoms with van der Waals surface area (Å²) in [5, 5.41) is 3.39. The van der Waals surface area contributed by atoms with Gasteiger partial charge in [0.15, 0.2) is 5.66 Å². The molecule has 1 aliphatic heterocycles. The van der Waals surface area contributed by atoms with E-state index in [-0.39, 0.29) is 17.7 Å². The highest BCUT2D eigenvalue weighted by Gasteiger charge is 2.59. The molecule has 0 aliphatic carbocycles. The van der Waals surface area contributed by atoms with Crippen molar-refractivity contribution in [1.29, 1.82) is 0 Å². The summed E-state index contributed by atoms with van der Waals surface area (Å²) in [6.07, 6.45) is 2.75. The predicted octanol–water partition coefficient (Wildman–Crippen LogP) is 2.80. The van der Waals surface area contributed by atoms with E-state index in [0.29, 0.717) is 5.56 Å². The number of thioether (sulfide) groups is 1. The molecule has 4 nitrogen and oxygen atoms in total. The van der Waals surface area contributed by atoms with Gasteiger partial charge in [0.1, 0.15) is 0 Å². The van der Waals surface area contributed by atoms with E-state index in [4.69, 9.17) is 0 Å². The Morgan fingerprint density at radius 3 is 2.43 bits per heavy atom. The quantitative estimate of drug-likeness (QED) is 0.841. The molecule has 23 heavy (non-hydrogen) atoms. The number of carbonyl (C=O) groups excluding carboxylic acids is 2. The molecule has 0 aromatic heterocycles. The van der Waals surface area contributed by atoms with Crippen molar-refractivity contribution < 1.29 is 9.59 Å². The number of hydrogen-bond donors (Lipinski definition) is 1. The van der Waals surface area contributed by atoms with Gasteiger partial charge in [0.25, 0.3) is 0 Å². The van der Waals surface area contributed by atoms with E-state index in [1.54, 1.807) is 23.7 Å². The number of likely N-dealkylation sites (N-methyl/N-ethyl adjacent to an activating group) is 1. The minimum absolute atomic E-state index is 0.00161. The Kier molecular flexibility index (Phi) is 5.21. The fraction of sp³-hybridized carbons (Fsp3) is 0.556. The fourth-order valence-electron chi connectivity index (χ4n) is 3.32. The number of rotatable bonds is 5. The fourth-order valence-corrected chi connectivity index (χ4v) is 3.79. The van der Waals surface area contributed by atoms with Crippen LogP contribution in [0, 0.1) is 5.41 Å². The van der Waals surface area contributed by atoms with E-state index in [1.807, 2.05) is 57.4 Å². The van der Waals surface area contributed by atoms with Crippen LogP contribution >= 0.6 is 11.8 Å². The number of nitrogens with zero attached hydrogens (tertiary/aromatic N) is 1. The van der Waals surface area contributed by atoms with Gasteiger partial charge >= 0.3 is 0 Å². The Morgan fingerprint density at radius 1 is 1.30 bits per heavy atom. The van der Waals surface area contributed by atoms with Gasteiger partial charge in [0.2, 0.25) is 11.7 Å². The standard InChI is InChI=1S/C18H26N2O2S/c1-17(2,3)18(15(21)13-9-7-6-8-10-13)19-14(11-12-23-5)16(22)20(18)4/h6-10,14,19H,11-12H2,1-5H3. The van der Waals surface area contributed by atoms with Crippen LogP contribution < -0.4 is 5.32 Å². The smallest absolute Gasteiger partial charge is 0.241 e. The number of nitrogens with one attached hydrogen (secondary N) is 1. The lowest BCUT2D eigenvalue weighted by atomic mass is 9.75. The molecule has 2 rings (SSSR count). The van der Waals surface area contributed by atoms with Crippen molar-refractivity contribution in [3.63, 3.8) is 0 Å². The van der Waals surface area contributed by atoms with E-state index in [2.05, 4.69) is 5.32 Å². The minimum atomic E-state index is -1.02. The predicted molar refractivity (Wildman–Crippen MR) is 95.7 cm³/mol. The topological polar surface area (TPSA) is 49.4 Å². The lowest BCUT2D eigenvalue weighted by Gasteiger charge is -2.45. The van der Waals surface area contributed by atoms with Crippen molar-refractivity contribution in [2.45, 2.75) is 38.9 Å². The summed E-state index contributed by atoms with van der Waals surface area (Å²) in [4.78, 5) is 27.7. The van der Waals surface area contributed by atoms with Crippen LogP contribution in [-0.4, -0.2) is 47.4 Å². The van der Waals surface area contributed by atoms with Crippen LogP contribution in [-0.2, 0) is 4.79 Å². The van der Waals surface area contributed by atoms with Crippen LogP contribution in [0.2, 0.25) is 0 Å². The normalized spacial score (nSPS) is 25.0. The maximum Gasteiger partial charge on any atom is 0.241 e. The first-order valence-corrected chi connectivity index (χ1v) is 9.29. The zero-order valence-corrected chi connectivity index (χ0v) is 15.4. The zero-order chi connectivity index (χ0) is 17.3. The Labute approximate surface area is 143 Å². The second kappa shape index (κ2) is 6.65. The van der Waals surface area contributed by atoms with Gasteiger partial charge in [0.05, 0.1) is 6.04 Å². The highest BCUT2D eigenvalue weighted by Crippen LogP contribution is 2.40. The molecule has 1 amide bonds. The molecule has 1 N–H and O–H groups in total. The third-order valence-electron chi connectivity index (χ3n) is 4.58. The maximum absolute atomic E-state index is 13.3. The van der Waals surface area contributed by atoms with Gasteiger partial charge in [0, 0.05) is 18.0 Å². The molecule has 1 saturated heterocycles. The number of Topliss-reactive ketones (excluding diaryl/α,β-unsaturated/α-hetero) is 1. The molecule has 0 spiro atoms. The molecule has 2 unspecified atom stereocenters. The van der Waals surface area contributed by atoms with Gasteiger partial charge in [-0.3, -0.25) is 14.9 Å². The summed E-state index contributed by atoms with van der Waals surface area (Å²) in [5.74, 6) is 0.836. The lowest BCUT2D eigenvalue weighted by Crippen LogP contribution is -2.65. The lowest BCUT2D eigenvalue weighted by molar-refractivity contribution is -0.131. The van der Waals surface area contributed by atoms with Gasteiger partial charge in [-0.2, -0.15) is 11.8 Å². The van der Waals surface area contributed by atoms with Crippen LogP contribution in [0.25, 0.3) is 0 Å². The third-order valence-corrected chi connectivity index (χ3v) is 5.22. The Bertz CT molecular complexity index is 582. The summed E-state index contributed by atoms with van der Waals surface area (Å²) in [6.45, 7) is 6.00. The first-order chi connectivity index (χ1) is 10.8. The average molecular weight is 334 g/mol. The second-order valence-corrected chi connectivity index (χ2v) is 8.02. The van der Waals surface area contributed by atoms with Gasteiger partial charge in [-0.25, -0.2) is 0 Å². The van der Waals surface area contributed by atoms with Crippen molar-refractivity contribution in [1.82, 2.24) is 10.2 Å². The molecular formula is C18H26N2O2S. The van der Waals surface area contributed by atoms with E-state index in [1.165, 1.54) is 0 Å². The maximum atomic E-state index is 13.3. The number of hydrogen-bond acceptors (Lipinski definition) is 4. The van der Waals surface area contributed by atoms with Crippen LogP contribution in [0.3, 0.4) is 0 Å².